The van der Waals surface area contributed by atoms with Gasteiger partial charge in [0.15, 0.2) is 0 Å². The van der Waals surface area contributed by atoms with Crippen molar-refractivity contribution in [3.8, 4) is 0 Å². The lowest BCUT2D eigenvalue weighted by Gasteiger charge is -2.24. The van der Waals surface area contributed by atoms with Crippen molar-refractivity contribution in [2.24, 2.45) is 0 Å². The highest BCUT2D eigenvalue weighted by atomic mass is 16.2. The van der Waals surface area contributed by atoms with Gasteiger partial charge in [-0.15, -0.1) is 0 Å². The first kappa shape index (κ1) is 21.3. The highest BCUT2D eigenvalue weighted by molar-refractivity contribution is 6.06. The molecule has 0 bridgehead atoms. The molecule has 0 atom stereocenters. The zero-order valence-electron chi connectivity index (χ0n) is 17.8. The monoisotopic (exact) mass is 400 g/mol. The second-order valence-corrected chi connectivity index (χ2v) is 7.54. The Bertz CT molecular complexity index is 1010. The number of likely N-dealkylation sites (N-methyl/N-ethyl adjacent to an activating group) is 1. The van der Waals surface area contributed by atoms with Gasteiger partial charge < -0.3 is 10.2 Å². The maximum Gasteiger partial charge on any atom is 0.258 e. The topological polar surface area (TPSA) is 49.4 Å². The van der Waals surface area contributed by atoms with Crippen LogP contribution in [0.2, 0.25) is 0 Å². The van der Waals surface area contributed by atoms with E-state index >= 15 is 0 Å². The molecule has 4 heteroatoms. The summed E-state index contributed by atoms with van der Waals surface area (Å²) in [5.74, 6) is -0.0504. The number of hydrogen-bond donors (Lipinski definition) is 1. The van der Waals surface area contributed by atoms with Gasteiger partial charge in [0, 0.05) is 17.8 Å². The fourth-order valence-electron chi connectivity index (χ4n) is 3.36. The third-order valence-corrected chi connectivity index (χ3v) is 4.95. The van der Waals surface area contributed by atoms with E-state index in [-0.39, 0.29) is 11.8 Å². The van der Waals surface area contributed by atoms with E-state index in [0.717, 1.165) is 27.9 Å². The third-order valence-electron chi connectivity index (χ3n) is 4.95. The Morgan fingerprint density at radius 2 is 1.53 bits per heavy atom. The fourth-order valence-corrected chi connectivity index (χ4v) is 3.36. The van der Waals surface area contributed by atoms with Crippen molar-refractivity contribution in [1.29, 1.82) is 0 Å². The third kappa shape index (κ3) is 5.57. The number of carbonyl (C=O) groups excluding carboxylic acids is 2. The Kier molecular flexibility index (Phi) is 7.02. The molecular weight excluding hydrogens is 372 g/mol. The predicted octanol–water partition coefficient (Wildman–Crippen LogP) is 4.83. The van der Waals surface area contributed by atoms with Crippen LogP contribution in [0.4, 0.5) is 5.69 Å². The molecule has 0 aromatic heterocycles. The number of benzene rings is 3. The van der Waals surface area contributed by atoms with Gasteiger partial charge in [-0.2, -0.15) is 0 Å². The largest absolute Gasteiger partial charge is 0.356 e. The summed E-state index contributed by atoms with van der Waals surface area (Å²) in [7, 11) is 0. The van der Waals surface area contributed by atoms with Crippen LogP contribution in [0, 0.1) is 13.8 Å². The van der Waals surface area contributed by atoms with Gasteiger partial charge in [-0.25, -0.2) is 0 Å². The molecule has 0 unspecified atom stereocenters. The van der Waals surface area contributed by atoms with Crippen molar-refractivity contribution in [1.82, 2.24) is 5.32 Å². The second-order valence-electron chi connectivity index (χ2n) is 7.54. The minimum atomic E-state index is -0.0482. The van der Waals surface area contributed by atoms with Crippen molar-refractivity contribution in [3.05, 3.63) is 101 Å². The molecule has 154 valence electrons. The van der Waals surface area contributed by atoms with Gasteiger partial charge in [-0.3, -0.25) is 9.59 Å². The number of nitrogens with one attached hydrogen (secondary N) is 1. The van der Waals surface area contributed by atoms with Crippen LogP contribution in [0.1, 0.15) is 39.5 Å². The summed E-state index contributed by atoms with van der Waals surface area (Å²) < 4.78 is 0. The first-order chi connectivity index (χ1) is 14.5. The van der Waals surface area contributed by atoms with E-state index in [1.807, 2.05) is 87.5 Å². The number of amides is 2. The molecule has 3 aromatic rings. The van der Waals surface area contributed by atoms with Crippen molar-refractivity contribution >= 4 is 17.5 Å². The molecule has 2 amide bonds. The Morgan fingerprint density at radius 3 is 2.17 bits per heavy atom. The van der Waals surface area contributed by atoms with Crippen LogP contribution >= 0.6 is 0 Å². The van der Waals surface area contributed by atoms with Gasteiger partial charge in [0.2, 0.25) is 5.91 Å². The molecule has 0 saturated heterocycles. The highest BCUT2D eigenvalue weighted by Gasteiger charge is 2.18. The SMILES string of the molecule is CCNC(=O)Cc1ccc(N(Cc2cccc(C)c2)C(=O)c2ccc(C)cc2)cc1. The highest BCUT2D eigenvalue weighted by Crippen LogP contribution is 2.22. The van der Waals surface area contributed by atoms with Gasteiger partial charge >= 0.3 is 0 Å². The van der Waals surface area contributed by atoms with E-state index in [1.54, 1.807) is 4.90 Å². The number of aryl methyl sites for hydroxylation is 2. The van der Waals surface area contributed by atoms with E-state index in [9.17, 15) is 9.59 Å². The lowest BCUT2D eigenvalue weighted by molar-refractivity contribution is -0.120. The fraction of sp³-hybridized carbons (Fsp3) is 0.231. The maximum atomic E-state index is 13.4. The van der Waals surface area contributed by atoms with Crippen LogP contribution in [0.3, 0.4) is 0 Å². The van der Waals surface area contributed by atoms with Crippen LogP contribution in [-0.2, 0) is 17.8 Å². The molecule has 0 spiro atoms. The Labute approximate surface area is 178 Å². The van der Waals surface area contributed by atoms with Crippen molar-refractivity contribution < 1.29 is 9.59 Å². The van der Waals surface area contributed by atoms with Gasteiger partial charge in [-0.05, 0) is 56.2 Å². The second kappa shape index (κ2) is 9.88. The molecule has 0 aliphatic rings. The Hall–Kier alpha value is -3.40. The van der Waals surface area contributed by atoms with Crippen LogP contribution in [0.5, 0.6) is 0 Å². The van der Waals surface area contributed by atoms with E-state index < -0.39 is 0 Å². The van der Waals surface area contributed by atoms with Crippen molar-refractivity contribution in [2.75, 3.05) is 11.4 Å². The maximum absolute atomic E-state index is 13.4. The molecular formula is C26H28N2O2. The summed E-state index contributed by atoms with van der Waals surface area (Å²) in [4.78, 5) is 27.0. The summed E-state index contributed by atoms with van der Waals surface area (Å²) in [5.41, 5.74) is 5.73. The first-order valence-corrected chi connectivity index (χ1v) is 10.3. The molecule has 3 aromatic carbocycles. The van der Waals surface area contributed by atoms with E-state index in [2.05, 4.69) is 11.4 Å². The summed E-state index contributed by atoms with van der Waals surface area (Å²) in [5, 5.41) is 2.81. The van der Waals surface area contributed by atoms with Gasteiger partial charge in [0.1, 0.15) is 0 Å². The number of carbonyl (C=O) groups is 2. The molecule has 3 rings (SSSR count). The molecule has 0 aliphatic heterocycles. The average Bonchev–Trinajstić information content (AvgIpc) is 2.73. The normalized spacial score (nSPS) is 10.5. The standard InChI is InChI=1S/C26H28N2O2/c1-4-27-25(29)17-21-10-14-24(15-11-21)28(18-22-7-5-6-20(3)16-22)26(30)23-12-8-19(2)9-13-23/h5-16H,4,17-18H2,1-3H3,(H,27,29). The average molecular weight is 401 g/mol. The first-order valence-electron chi connectivity index (χ1n) is 10.3. The van der Waals surface area contributed by atoms with Crippen molar-refractivity contribution in [2.45, 2.75) is 33.7 Å². The number of anilines is 1. The summed E-state index contributed by atoms with van der Waals surface area (Å²) in [6.45, 7) is 7.05. The van der Waals surface area contributed by atoms with Gasteiger partial charge in [-0.1, -0.05) is 59.7 Å². The van der Waals surface area contributed by atoms with Crippen LogP contribution < -0.4 is 10.2 Å². The van der Waals surface area contributed by atoms with E-state index in [4.69, 9.17) is 0 Å². The smallest absolute Gasteiger partial charge is 0.258 e. The molecule has 0 radical (unpaired) electrons. The van der Waals surface area contributed by atoms with Crippen LogP contribution in [0.15, 0.2) is 72.8 Å². The Balaban J connectivity index is 1.89. The molecule has 0 fully saturated rings. The quantitative estimate of drug-likeness (QED) is 0.618. The van der Waals surface area contributed by atoms with E-state index in [1.165, 1.54) is 0 Å². The molecule has 4 nitrogen and oxygen atoms in total. The van der Waals surface area contributed by atoms with Gasteiger partial charge in [0.05, 0.1) is 13.0 Å². The lowest BCUT2D eigenvalue weighted by atomic mass is 10.1. The lowest BCUT2D eigenvalue weighted by Crippen LogP contribution is -2.30. The van der Waals surface area contributed by atoms with Crippen LogP contribution in [-0.4, -0.2) is 18.4 Å². The molecule has 1 N–H and O–H groups in total. The zero-order valence-corrected chi connectivity index (χ0v) is 17.8. The summed E-state index contributed by atoms with van der Waals surface area (Å²) in [6, 6.07) is 23.5. The minimum absolute atomic E-state index is 0.00222. The molecule has 0 saturated carbocycles. The number of hydrogen-bond acceptors (Lipinski definition) is 2. The number of rotatable bonds is 7. The molecule has 30 heavy (non-hydrogen) atoms. The zero-order chi connectivity index (χ0) is 21.5. The number of nitrogens with zero attached hydrogens (tertiary/aromatic N) is 1. The van der Waals surface area contributed by atoms with Gasteiger partial charge in [0.25, 0.3) is 5.91 Å². The summed E-state index contributed by atoms with van der Waals surface area (Å²) >= 11 is 0. The molecule has 0 aliphatic carbocycles. The van der Waals surface area contributed by atoms with Crippen LogP contribution in [0.25, 0.3) is 0 Å². The van der Waals surface area contributed by atoms with Crippen molar-refractivity contribution in [3.63, 3.8) is 0 Å². The summed E-state index contributed by atoms with van der Waals surface area (Å²) in [6.07, 6.45) is 0.331. The Morgan fingerprint density at radius 1 is 0.833 bits per heavy atom. The predicted molar refractivity (Wildman–Crippen MR) is 122 cm³/mol. The molecule has 0 heterocycles. The minimum Gasteiger partial charge on any atom is -0.356 e. The van der Waals surface area contributed by atoms with E-state index in [0.29, 0.717) is 25.1 Å².